The fourth-order valence-electron chi connectivity index (χ4n) is 1.63. The Bertz CT molecular complexity index is 448. The first-order valence-corrected chi connectivity index (χ1v) is 4.68. The van der Waals surface area contributed by atoms with Crippen LogP contribution in [-0.2, 0) is 4.74 Å². The summed E-state index contributed by atoms with van der Waals surface area (Å²) in [5, 5.41) is 9.02. The van der Waals surface area contributed by atoms with Crippen molar-refractivity contribution in [1.82, 2.24) is 0 Å². The molecule has 0 aliphatic carbocycles. The molecule has 1 aromatic rings. The Kier molecular flexibility index (Phi) is 2.30. The third-order valence-corrected chi connectivity index (χ3v) is 2.41. The second-order valence-corrected chi connectivity index (χ2v) is 3.35. The van der Waals surface area contributed by atoms with Crippen LogP contribution in [-0.4, -0.2) is 19.2 Å². The minimum atomic E-state index is -0.378. The van der Waals surface area contributed by atoms with Gasteiger partial charge in [0.2, 0.25) is 0 Å². The first kappa shape index (κ1) is 9.53. The van der Waals surface area contributed by atoms with Crippen LogP contribution in [0.3, 0.4) is 0 Å². The van der Waals surface area contributed by atoms with Crippen LogP contribution < -0.4 is 4.90 Å². The largest absolute Gasteiger partial charge is 0.447 e. The monoisotopic (exact) mass is 202 g/mol. The summed E-state index contributed by atoms with van der Waals surface area (Å²) < 4.78 is 4.84. The fourth-order valence-corrected chi connectivity index (χ4v) is 1.63. The molecule has 0 unspecified atom stereocenters. The molecule has 15 heavy (non-hydrogen) atoms. The number of ether oxygens (including phenoxy) is 1. The van der Waals surface area contributed by atoms with E-state index >= 15 is 0 Å². The molecule has 4 nitrogen and oxygen atoms in total. The second kappa shape index (κ2) is 3.62. The highest BCUT2D eigenvalue weighted by Crippen LogP contribution is 2.25. The average Bonchev–Trinajstić information content (AvgIpc) is 2.64. The lowest BCUT2D eigenvalue weighted by Gasteiger charge is -2.15. The number of nitriles is 1. The van der Waals surface area contributed by atoms with Crippen LogP contribution in [0.2, 0.25) is 0 Å². The van der Waals surface area contributed by atoms with Crippen LogP contribution in [0.15, 0.2) is 18.2 Å². The van der Waals surface area contributed by atoms with Crippen molar-refractivity contribution < 1.29 is 9.53 Å². The lowest BCUT2D eigenvalue weighted by Crippen LogP contribution is -2.24. The fraction of sp³-hybridized carbons (Fsp3) is 0.273. The number of amides is 1. The third-order valence-electron chi connectivity index (χ3n) is 2.41. The predicted molar refractivity (Wildman–Crippen MR) is 54.6 cm³/mol. The van der Waals surface area contributed by atoms with Crippen molar-refractivity contribution in [2.45, 2.75) is 6.92 Å². The van der Waals surface area contributed by atoms with Crippen molar-refractivity contribution >= 4 is 11.8 Å². The zero-order chi connectivity index (χ0) is 10.8. The van der Waals surface area contributed by atoms with Crippen LogP contribution >= 0.6 is 0 Å². The van der Waals surface area contributed by atoms with Crippen molar-refractivity contribution in [3.63, 3.8) is 0 Å². The zero-order valence-electron chi connectivity index (χ0n) is 8.36. The number of aryl methyl sites for hydroxylation is 1. The highest BCUT2D eigenvalue weighted by molar-refractivity contribution is 5.91. The molecular formula is C11H10N2O2. The van der Waals surface area contributed by atoms with Gasteiger partial charge in [0.05, 0.1) is 17.8 Å². The summed E-state index contributed by atoms with van der Waals surface area (Å²) in [7, 11) is 0. The van der Waals surface area contributed by atoms with Gasteiger partial charge in [-0.05, 0) is 18.6 Å². The Morgan fingerprint density at radius 3 is 2.93 bits per heavy atom. The molecule has 0 aromatic heterocycles. The summed E-state index contributed by atoms with van der Waals surface area (Å²) >= 11 is 0. The molecular weight excluding hydrogens is 192 g/mol. The smallest absolute Gasteiger partial charge is 0.414 e. The standard InChI is InChI=1S/C11H10N2O2/c1-8-3-2-4-10(9(8)7-12)13-5-6-15-11(13)14/h2-4H,5-6H2,1H3. The maximum absolute atomic E-state index is 11.3. The van der Waals surface area contributed by atoms with Gasteiger partial charge in [-0.1, -0.05) is 12.1 Å². The van der Waals surface area contributed by atoms with Gasteiger partial charge >= 0.3 is 6.09 Å². The van der Waals surface area contributed by atoms with Crippen LogP contribution in [0.5, 0.6) is 0 Å². The Morgan fingerprint density at radius 1 is 1.53 bits per heavy atom. The lowest BCUT2D eigenvalue weighted by molar-refractivity contribution is 0.181. The van der Waals surface area contributed by atoms with Gasteiger partial charge in [0, 0.05) is 0 Å². The maximum Gasteiger partial charge on any atom is 0.414 e. The van der Waals surface area contributed by atoms with Gasteiger partial charge in [-0.25, -0.2) is 4.79 Å². The minimum Gasteiger partial charge on any atom is -0.447 e. The first-order chi connectivity index (χ1) is 7.24. The highest BCUT2D eigenvalue weighted by atomic mass is 16.6. The van der Waals surface area contributed by atoms with E-state index in [0.29, 0.717) is 24.4 Å². The molecule has 1 amide bonds. The number of nitrogens with zero attached hydrogens (tertiary/aromatic N) is 2. The molecule has 1 aliphatic heterocycles. The molecule has 1 fully saturated rings. The van der Waals surface area contributed by atoms with Crippen molar-refractivity contribution in [1.29, 1.82) is 5.26 Å². The molecule has 0 N–H and O–H groups in total. The molecule has 0 radical (unpaired) electrons. The van der Waals surface area contributed by atoms with Gasteiger partial charge in [0.25, 0.3) is 0 Å². The molecule has 0 atom stereocenters. The van der Waals surface area contributed by atoms with Gasteiger partial charge in [0.15, 0.2) is 0 Å². The lowest BCUT2D eigenvalue weighted by atomic mass is 10.1. The predicted octanol–water partition coefficient (Wildman–Crippen LogP) is 1.82. The van der Waals surface area contributed by atoms with Crippen LogP contribution in [0, 0.1) is 18.3 Å². The summed E-state index contributed by atoms with van der Waals surface area (Å²) in [5.41, 5.74) is 2.05. The van der Waals surface area contributed by atoms with Crippen molar-refractivity contribution in [2.75, 3.05) is 18.1 Å². The molecule has 1 aliphatic rings. The normalized spacial score (nSPS) is 14.9. The quantitative estimate of drug-likeness (QED) is 0.698. The summed E-state index contributed by atoms with van der Waals surface area (Å²) in [6.07, 6.45) is -0.378. The number of benzene rings is 1. The van der Waals surface area contributed by atoms with Gasteiger partial charge in [0.1, 0.15) is 12.7 Å². The molecule has 0 bridgehead atoms. The van der Waals surface area contributed by atoms with E-state index in [-0.39, 0.29) is 6.09 Å². The number of carbonyl (C=O) groups excluding carboxylic acids is 1. The number of cyclic esters (lactones) is 1. The van der Waals surface area contributed by atoms with E-state index < -0.39 is 0 Å². The average molecular weight is 202 g/mol. The molecule has 1 saturated heterocycles. The van der Waals surface area contributed by atoms with Gasteiger partial charge < -0.3 is 4.74 Å². The minimum absolute atomic E-state index is 0.378. The van der Waals surface area contributed by atoms with Crippen molar-refractivity contribution in [2.24, 2.45) is 0 Å². The number of rotatable bonds is 1. The summed E-state index contributed by atoms with van der Waals surface area (Å²) in [6.45, 7) is 2.75. The molecule has 76 valence electrons. The summed E-state index contributed by atoms with van der Waals surface area (Å²) in [6, 6.07) is 7.56. The van der Waals surface area contributed by atoms with E-state index in [1.807, 2.05) is 19.1 Å². The van der Waals surface area contributed by atoms with E-state index in [2.05, 4.69) is 6.07 Å². The highest BCUT2D eigenvalue weighted by Gasteiger charge is 2.25. The molecule has 0 spiro atoms. The number of carbonyl (C=O) groups is 1. The van der Waals surface area contributed by atoms with E-state index in [4.69, 9.17) is 10.00 Å². The van der Waals surface area contributed by atoms with Crippen LogP contribution in [0.1, 0.15) is 11.1 Å². The van der Waals surface area contributed by atoms with E-state index in [9.17, 15) is 4.79 Å². The number of hydrogen-bond donors (Lipinski definition) is 0. The van der Waals surface area contributed by atoms with Gasteiger partial charge in [-0.15, -0.1) is 0 Å². The Morgan fingerprint density at radius 2 is 2.33 bits per heavy atom. The molecule has 4 heteroatoms. The summed E-state index contributed by atoms with van der Waals surface area (Å²) in [4.78, 5) is 12.8. The first-order valence-electron chi connectivity index (χ1n) is 4.68. The van der Waals surface area contributed by atoms with Crippen molar-refractivity contribution in [3.05, 3.63) is 29.3 Å². The maximum atomic E-state index is 11.3. The number of anilines is 1. The molecule has 2 rings (SSSR count). The van der Waals surface area contributed by atoms with E-state index in [1.54, 1.807) is 6.07 Å². The van der Waals surface area contributed by atoms with Gasteiger partial charge in [-0.3, -0.25) is 4.90 Å². The van der Waals surface area contributed by atoms with Crippen molar-refractivity contribution in [3.8, 4) is 6.07 Å². The SMILES string of the molecule is Cc1cccc(N2CCOC2=O)c1C#N. The molecule has 1 heterocycles. The van der Waals surface area contributed by atoms with Crippen LogP contribution in [0.4, 0.5) is 10.5 Å². The zero-order valence-corrected chi connectivity index (χ0v) is 8.36. The van der Waals surface area contributed by atoms with Gasteiger partial charge in [-0.2, -0.15) is 5.26 Å². The third kappa shape index (κ3) is 1.52. The van der Waals surface area contributed by atoms with Crippen LogP contribution in [0.25, 0.3) is 0 Å². The summed E-state index contributed by atoms with van der Waals surface area (Å²) in [5.74, 6) is 0. The van der Waals surface area contributed by atoms with E-state index in [1.165, 1.54) is 4.90 Å². The Hall–Kier alpha value is -2.02. The topological polar surface area (TPSA) is 53.3 Å². The Labute approximate surface area is 87.7 Å². The molecule has 1 aromatic carbocycles. The van der Waals surface area contributed by atoms with E-state index in [0.717, 1.165) is 5.56 Å². The Balaban J connectivity index is 2.48. The second-order valence-electron chi connectivity index (χ2n) is 3.35. The molecule has 0 saturated carbocycles. The number of hydrogen-bond acceptors (Lipinski definition) is 3.